The van der Waals surface area contributed by atoms with Gasteiger partial charge in [-0.2, -0.15) is 0 Å². The molecule has 27 heavy (non-hydrogen) atoms. The second kappa shape index (κ2) is 9.21. The normalized spacial score (nSPS) is 11.1. The fourth-order valence-electron chi connectivity index (χ4n) is 3.19. The van der Waals surface area contributed by atoms with Gasteiger partial charge in [0.05, 0.1) is 17.6 Å². The maximum absolute atomic E-state index is 12.0. The second-order valence-corrected chi connectivity index (χ2v) is 6.85. The average molecular weight is 365 g/mol. The fourth-order valence-corrected chi connectivity index (χ4v) is 3.19. The molecule has 1 amide bonds. The fraction of sp³-hybridized carbons (Fsp3) is 0.364. The van der Waals surface area contributed by atoms with Crippen molar-refractivity contribution in [3.63, 3.8) is 0 Å². The van der Waals surface area contributed by atoms with E-state index in [1.807, 2.05) is 48.5 Å². The molecule has 1 heterocycles. The summed E-state index contributed by atoms with van der Waals surface area (Å²) in [5.41, 5.74) is 2.15. The molecule has 0 radical (unpaired) electrons. The summed E-state index contributed by atoms with van der Waals surface area (Å²) in [7, 11) is 0. The molecule has 0 aliphatic rings. The lowest BCUT2D eigenvalue weighted by molar-refractivity contribution is -0.121. The number of carbonyl (C=O) groups is 1. The Balaban J connectivity index is 1.43. The van der Waals surface area contributed by atoms with Crippen LogP contribution >= 0.6 is 0 Å². The van der Waals surface area contributed by atoms with E-state index in [0.717, 1.165) is 29.0 Å². The van der Waals surface area contributed by atoms with Crippen LogP contribution in [0.1, 0.15) is 38.6 Å². The third kappa shape index (κ3) is 5.09. The standard InChI is InChI=1S/C22H27N3O2/c1-17(2)25-20-12-7-6-11-19(20)24-21(25)14-15-23-22(26)13-8-16-27-18-9-4-3-5-10-18/h3-7,9-12,17H,8,13-16H2,1-2H3,(H,23,26). The van der Waals surface area contributed by atoms with Gasteiger partial charge >= 0.3 is 0 Å². The van der Waals surface area contributed by atoms with Crippen LogP contribution in [-0.2, 0) is 11.2 Å². The van der Waals surface area contributed by atoms with E-state index in [0.29, 0.717) is 32.0 Å². The summed E-state index contributed by atoms with van der Waals surface area (Å²) in [6.45, 7) is 5.45. The van der Waals surface area contributed by atoms with Crippen LogP contribution in [0.15, 0.2) is 54.6 Å². The van der Waals surface area contributed by atoms with Crippen molar-refractivity contribution >= 4 is 16.9 Å². The number of para-hydroxylation sites is 3. The third-order valence-electron chi connectivity index (χ3n) is 4.42. The Morgan fingerprint density at radius 1 is 1.11 bits per heavy atom. The largest absolute Gasteiger partial charge is 0.494 e. The number of nitrogens with one attached hydrogen (secondary N) is 1. The monoisotopic (exact) mass is 365 g/mol. The van der Waals surface area contributed by atoms with Gasteiger partial charge in [0.25, 0.3) is 0 Å². The van der Waals surface area contributed by atoms with Crippen molar-refractivity contribution in [2.45, 2.75) is 39.2 Å². The highest BCUT2D eigenvalue weighted by Crippen LogP contribution is 2.21. The molecule has 5 nitrogen and oxygen atoms in total. The van der Waals surface area contributed by atoms with E-state index in [1.54, 1.807) is 0 Å². The third-order valence-corrected chi connectivity index (χ3v) is 4.42. The highest BCUT2D eigenvalue weighted by molar-refractivity contribution is 5.76. The molecular formula is C22H27N3O2. The molecule has 0 aliphatic carbocycles. The van der Waals surface area contributed by atoms with Gasteiger partial charge in [-0.05, 0) is 44.5 Å². The molecule has 0 unspecified atom stereocenters. The first kappa shape index (κ1) is 19.0. The van der Waals surface area contributed by atoms with Gasteiger partial charge in [0.2, 0.25) is 5.91 Å². The van der Waals surface area contributed by atoms with Crippen molar-refractivity contribution in [3.05, 3.63) is 60.4 Å². The number of fused-ring (bicyclic) bond motifs is 1. The van der Waals surface area contributed by atoms with E-state index in [-0.39, 0.29) is 5.91 Å². The lowest BCUT2D eigenvalue weighted by atomic mass is 10.2. The molecule has 0 spiro atoms. The number of carbonyl (C=O) groups excluding carboxylic acids is 1. The van der Waals surface area contributed by atoms with E-state index in [4.69, 9.17) is 9.72 Å². The van der Waals surface area contributed by atoms with Crippen molar-refractivity contribution in [3.8, 4) is 5.75 Å². The van der Waals surface area contributed by atoms with Gasteiger partial charge < -0.3 is 14.6 Å². The number of imidazole rings is 1. The molecule has 5 heteroatoms. The van der Waals surface area contributed by atoms with E-state index < -0.39 is 0 Å². The smallest absolute Gasteiger partial charge is 0.220 e. The molecule has 0 atom stereocenters. The number of rotatable bonds is 9. The van der Waals surface area contributed by atoms with Gasteiger partial charge in [-0.15, -0.1) is 0 Å². The Morgan fingerprint density at radius 3 is 2.63 bits per heavy atom. The Hall–Kier alpha value is -2.82. The van der Waals surface area contributed by atoms with Gasteiger partial charge in [0, 0.05) is 25.4 Å². The lowest BCUT2D eigenvalue weighted by Gasteiger charge is -2.13. The number of amides is 1. The first-order chi connectivity index (χ1) is 13.1. The second-order valence-electron chi connectivity index (χ2n) is 6.85. The number of benzene rings is 2. The zero-order valence-electron chi connectivity index (χ0n) is 16.0. The van der Waals surface area contributed by atoms with Crippen LogP contribution < -0.4 is 10.1 Å². The maximum Gasteiger partial charge on any atom is 0.220 e. The zero-order valence-corrected chi connectivity index (χ0v) is 16.0. The Kier molecular flexibility index (Phi) is 6.47. The first-order valence-corrected chi connectivity index (χ1v) is 9.55. The predicted octanol–water partition coefficient (Wildman–Crippen LogP) is 4.14. The summed E-state index contributed by atoms with van der Waals surface area (Å²) in [5.74, 6) is 1.91. The molecule has 0 fully saturated rings. The van der Waals surface area contributed by atoms with Crippen LogP contribution in [0.3, 0.4) is 0 Å². The summed E-state index contributed by atoms with van der Waals surface area (Å²) < 4.78 is 7.86. The number of hydrogen-bond donors (Lipinski definition) is 1. The summed E-state index contributed by atoms with van der Waals surface area (Å²) in [6.07, 6.45) is 1.89. The summed E-state index contributed by atoms with van der Waals surface area (Å²) in [4.78, 5) is 16.8. The molecule has 1 N–H and O–H groups in total. The molecule has 0 saturated carbocycles. The highest BCUT2D eigenvalue weighted by atomic mass is 16.5. The SMILES string of the molecule is CC(C)n1c(CCNC(=O)CCCOc2ccccc2)nc2ccccc21. The van der Waals surface area contributed by atoms with E-state index in [9.17, 15) is 4.79 Å². The van der Waals surface area contributed by atoms with Crippen molar-refractivity contribution in [2.24, 2.45) is 0 Å². The van der Waals surface area contributed by atoms with Crippen molar-refractivity contribution in [1.29, 1.82) is 0 Å². The maximum atomic E-state index is 12.0. The predicted molar refractivity (Wildman–Crippen MR) is 108 cm³/mol. The van der Waals surface area contributed by atoms with Crippen LogP contribution in [0.25, 0.3) is 11.0 Å². The molecular weight excluding hydrogens is 338 g/mol. The number of aromatic nitrogens is 2. The van der Waals surface area contributed by atoms with Crippen LogP contribution in [0.5, 0.6) is 5.75 Å². The van der Waals surface area contributed by atoms with Gasteiger partial charge in [-0.3, -0.25) is 4.79 Å². The van der Waals surface area contributed by atoms with Gasteiger partial charge in [0.1, 0.15) is 11.6 Å². The van der Waals surface area contributed by atoms with E-state index in [1.165, 1.54) is 0 Å². The molecule has 0 aliphatic heterocycles. The quantitative estimate of drug-likeness (QED) is 0.580. The van der Waals surface area contributed by atoms with Gasteiger partial charge in [0.15, 0.2) is 0 Å². The summed E-state index contributed by atoms with van der Waals surface area (Å²) in [6, 6.07) is 18.2. The number of hydrogen-bond acceptors (Lipinski definition) is 3. The molecule has 142 valence electrons. The highest BCUT2D eigenvalue weighted by Gasteiger charge is 2.12. The minimum absolute atomic E-state index is 0.0545. The van der Waals surface area contributed by atoms with E-state index >= 15 is 0 Å². The minimum atomic E-state index is 0.0545. The van der Waals surface area contributed by atoms with Crippen LogP contribution in [0, 0.1) is 0 Å². The molecule has 3 aromatic rings. The summed E-state index contributed by atoms with van der Waals surface area (Å²) >= 11 is 0. The average Bonchev–Trinajstić information content (AvgIpc) is 3.04. The number of nitrogens with zero attached hydrogens (tertiary/aromatic N) is 2. The van der Waals surface area contributed by atoms with Crippen molar-refractivity contribution < 1.29 is 9.53 Å². The van der Waals surface area contributed by atoms with E-state index in [2.05, 4.69) is 29.8 Å². The molecule has 2 aromatic carbocycles. The van der Waals surface area contributed by atoms with Gasteiger partial charge in [-0.25, -0.2) is 4.98 Å². The van der Waals surface area contributed by atoms with Crippen molar-refractivity contribution in [2.75, 3.05) is 13.2 Å². The Morgan fingerprint density at radius 2 is 1.85 bits per heavy atom. The molecule has 3 rings (SSSR count). The number of ether oxygens (including phenoxy) is 1. The van der Waals surface area contributed by atoms with Crippen LogP contribution in [0.4, 0.5) is 0 Å². The summed E-state index contributed by atoms with van der Waals surface area (Å²) in [5, 5.41) is 2.99. The van der Waals surface area contributed by atoms with Gasteiger partial charge in [-0.1, -0.05) is 30.3 Å². The molecule has 0 saturated heterocycles. The zero-order chi connectivity index (χ0) is 19.1. The molecule has 1 aromatic heterocycles. The Bertz CT molecular complexity index is 872. The van der Waals surface area contributed by atoms with Crippen LogP contribution in [-0.4, -0.2) is 28.6 Å². The lowest BCUT2D eigenvalue weighted by Crippen LogP contribution is -2.26. The topological polar surface area (TPSA) is 56.2 Å². The Labute approximate surface area is 160 Å². The first-order valence-electron chi connectivity index (χ1n) is 9.55. The van der Waals surface area contributed by atoms with Crippen molar-refractivity contribution in [1.82, 2.24) is 14.9 Å². The van der Waals surface area contributed by atoms with Crippen LogP contribution in [0.2, 0.25) is 0 Å². The molecule has 0 bridgehead atoms. The minimum Gasteiger partial charge on any atom is -0.494 e.